The van der Waals surface area contributed by atoms with Crippen molar-refractivity contribution in [2.24, 2.45) is 10.9 Å². The predicted molar refractivity (Wildman–Crippen MR) is 81.6 cm³/mol. The van der Waals surface area contributed by atoms with Crippen molar-refractivity contribution in [1.29, 1.82) is 0 Å². The number of nitrogens with zero attached hydrogens (tertiary/aromatic N) is 1. The third kappa shape index (κ3) is 4.34. The first-order valence-electron chi connectivity index (χ1n) is 5.76. The molecule has 0 amide bonds. The molecule has 0 radical (unpaired) electrons. The van der Waals surface area contributed by atoms with Crippen molar-refractivity contribution in [3.63, 3.8) is 0 Å². The van der Waals surface area contributed by atoms with E-state index in [1.54, 1.807) is 0 Å². The van der Waals surface area contributed by atoms with Gasteiger partial charge in [0.25, 0.3) is 0 Å². The number of nitrogens with one attached hydrogen (secondary N) is 1. The maximum Gasteiger partial charge on any atom is 0.241 e. The van der Waals surface area contributed by atoms with Crippen LogP contribution in [0.25, 0.3) is 0 Å². The highest BCUT2D eigenvalue weighted by Gasteiger charge is 2.23. The molecular weight excluding hydrogens is 370 g/mol. The second-order valence-corrected chi connectivity index (χ2v) is 7.04. The van der Waals surface area contributed by atoms with E-state index >= 15 is 0 Å². The van der Waals surface area contributed by atoms with Gasteiger partial charge < -0.3 is 10.9 Å². The van der Waals surface area contributed by atoms with Crippen LogP contribution in [0.4, 0.5) is 0 Å². The Labute approximate surface area is 131 Å². The van der Waals surface area contributed by atoms with Gasteiger partial charge in [0.15, 0.2) is 5.84 Å². The zero-order valence-electron chi connectivity index (χ0n) is 10.7. The van der Waals surface area contributed by atoms with Crippen LogP contribution in [0.15, 0.2) is 32.7 Å². The molecule has 0 saturated heterocycles. The van der Waals surface area contributed by atoms with Gasteiger partial charge in [0.1, 0.15) is 0 Å². The van der Waals surface area contributed by atoms with E-state index in [0.717, 1.165) is 0 Å². The van der Waals surface area contributed by atoms with E-state index in [1.165, 1.54) is 18.2 Å². The average molecular weight is 385 g/mol. The molecule has 0 spiro atoms. The van der Waals surface area contributed by atoms with Gasteiger partial charge in [-0.1, -0.05) is 30.1 Å². The van der Waals surface area contributed by atoms with Gasteiger partial charge in [0.2, 0.25) is 10.0 Å². The molecule has 0 aromatic heterocycles. The summed E-state index contributed by atoms with van der Waals surface area (Å²) in [4.78, 5) is 0.0422. The minimum atomic E-state index is -3.79. The number of benzene rings is 1. The predicted octanol–water partition coefficient (Wildman–Crippen LogP) is 2.30. The molecule has 1 unspecified atom stereocenters. The molecule has 0 bridgehead atoms. The molecule has 1 aromatic carbocycles. The van der Waals surface area contributed by atoms with Crippen molar-refractivity contribution in [2.45, 2.75) is 30.7 Å². The lowest BCUT2D eigenvalue weighted by Crippen LogP contribution is -2.44. The first kappa shape index (κ1) is 17.2. The first-order valence-corrected chi connectivity index (χ1v) is 8.42. The fourth-order valence-electron chi connectivity index (χ4n) is 1.52. The summed E-state index contributed by atoms with van der Waals surface area (Å²) >= 11 is 8.99. The minimum absolute atomic E-state index is 0.0422. The molecule has 1 rings (SSSR count). The molecule has 20 heavy (non-hydrogen) atoms. The summed E-state index contributed by atoms with van der Waals surface area (Å²) in [5, 5.41) is 11.9. The lowest BCUT2D eigenvalue weighted by Gasteiger charge is -2.16. The Kier molecular flexibility index (Phi) is 6.25. The monoisotopic (exact) mass is 383 g/mol. The quantitative estimate of drug-likeness (QED) is 0.303. The van der Waals surface area contributed by atoms with Crippen molar-refractivity contribution < 1.29 is 13.6 Å². The second-order valence-electron chi connectivity index (χ2n) is 4.06. The maximum atomic E-state index is 12.2. The summed E-state index contributed by atoms with van der Waals surface area (Å²) in [6.07, 6.45) is 1.09. The van der Waals surface area contributed by atoms with Crippen LogP contribution in [-0.4, -0.2) is 25.5 Å². The number of halogens is 2. The smallest absolute Gasteiger partial charge is 0.241 e. The minimum Gasteiger partial charge on any atom is -0.409 e. The number of hydrogen-bond acceptors (Lipinski definition) is 4. The summed E-state index contributed by atoms with van der Waals surface area (Å²) in [5.41, 5.74) is 5.49. The summed E-state index contributed by atoms with van der Waals surface area (Å²) in [6, 6.07) is 3.48. The molecule has 0 aliphatic heterocycles. The van der Waals surface area contributed by atoms with Crippen LogP contribution in [0.3, 0.4) is 0 Å². The Morgan fingerprint density at radius 1 is 1.60 bits per heavy atom. The fourth-order valence-corrected chi connectivity index (χ4v) is 3.44. The van der Waals surface area contributed by atoms with Crippen LogP contribution < -0.4 is 10.5 Å². The standard InChI is InChI=1S/C11H15BrClN3O3S/c1-2-3-10(11(14)15-17)16-20(18,19)7-4-5-9(13)8(12)6-7/h4-6,10,16-17H,2-3H2,1H3,(H2,14,15). The summed E-state index contributed by atoms with van der Waals surface area (Å²) in [5.74, 6) is -0.177. The van der Waals surface area contributed by atoms with Gasteiger partial charge in [-0.15, -0.1) is 0 Å². The Morgan fingerprint density at radius 2 is 2.25 bits per heavy atom. The first-order chi connectivity index (χ1) is 9.31. The van der Waals surface area contributed by atoms with Crippen LogP contribution in [-0.2, 0) is 10.0 Å². The van der Waals surface area contributed by atoms with Crippen LogP contribution in [0.2, 0.25) is 5.02 Å². The highest BCUT2D eigenvalue weighted by molar-refractivity contribution is 9.10. The third-order valence-corrected chi connectivity index (χ3v) is 5.23. The van der Waals surface area contributed by atoms with Gasteiger partial charge in [0, 0.05) is 4.47 Å². The number of amidine groups is 1. The molecule has 112 valence electrons. The molecule has 6 nitrogen and oxygen atoms in total. The maximum absolute atomic E-state index is 12.2. The van der Waals surface area contributed by atoms with Gasteiger partial charge in [-0.2, -0.15) is 0 Å². The molecule has 0 aliphatic carbocycles. The van der Waals surface area contributed by atoms with Crippen molar-refractivity contribution in [1.82, 2.24) is 4.72 Å². The number of sulfonamides is 1. The molecule has 0 saturated carbocycles. The molecule has 9 heteroatoms. The molecule has 1 atom stereocenters. The van der Waals surface area contributed by atoms with E-state index in [0.29, 0.717) is 22.3 Å². The van der Waals surface area contributed by atoms with Crippen molar-refractivity contribution in [3.05, 3.63) is 27.7 Å². The Morgan fingerprint density at radius 3 is 2.75 bits per heavy atom. The normalized spacial score (nSPS) is 14.2. The van der Waals surface area contributed by atoms with E-state index in [2.05, 4.69) is 25.8 Å². The Hall–Kier alpha value is -0.830. The van der Waals surface area contributed by atoms with Gasteiger partial charge in [-0.25, -0.2) is 13.1 Å². The summed E-state index contributed by atoms with van der Waals surface area (Å²) in [7, 11) is -3.79. The zero-order valence-corrected chi connectivity index (χ0v) is 13.8. The van der Waals surface area contributed by atoms with E-state index in [-0.39, 0.29) is 10.7 Å². The molecule has 4 N–H and O–H groups in total. The number of rotatable bonds is 6. The largest absolute Gasteiger partial charge is 0.409 e. The fraction of sp³-hybridized carbons (Fsp3) is 0.364. The van der Waals surface area contributed by atoms with Crippen LogP contribution >= 0.6 is 27.5 Å². The number of hydrogen-bond donors (Lipinski definition) is 3. The van der Waals surface area contributed by atoms with Crippen LogP contribution in [0.5, 0.6) is 0 Å². The number of nitrogens with two attached hydrogens (primary N) is 1. The molecule has 0 fully saturated rings. The third-order valence-electron chi connectivity index (χ3n) is 2.55. The van der Waals surface area contributed by atoms with E-state index in [1.807, 2.05) is 6.92 Å². The van der Waals surface area contributed by atoms with Crippen molar-refractivity contribution >= 4 is 43.4 Å². The average Bonchev–Trinajstić information content (AvgIpc) is 2.40. The zero-order chi connectivity index (χ0) is 15.3. The van der Waals surface area contributed by atoms with Crippen molar-refractivity contribution in [3.8, 4) is 0 Å². The highest BCUT2D eigenvalue weighted by atomic mass is 79.9. The van der Waals surface area contributed by atoms with Crippen molar-refractivity contribution in [2.75, 3.05) is 0 Å². The molecular formula is C11H15BrClN3O3S. The lowest BCUT2D eigenvalue weighted by atomic mass is 10.2. The Bertz CT molecular complexity index is 607. The molecule has 1 aromatic rings. The van der Waals surface area contributed by atoms with E-state index in [9.17, 15) is 8.42 Å². The van der Waals surface area contributed by atoms with E-state index in [4.69, 9.17) is 22.5 Å². The summed E-state index contributed by atoms with van der Waals surface area (Å²) < 4.78 is 27.3. The molecule has 0 aliphatic rings. The lowest BCUT2D eigenvalue weighted by molar-refractivity contribution is 0.315. The van der Waals surface area contributed by atoms with Crippen LogP contribution in [0.1, 0.15) is 19.8 Å². The second kappa shape index (κ2) is 7.26. The topological polar surface area (TPSA) is 105 Å². The van der Waals surface area contributed by atoms with Gasteiger partial charge in [-0.3, -0.25) is 0 Å². The van der Waals surface area contributed by atoms with Gasteiger partial charge in [0.05, 0.1) is 16.0 Å². The SMILES string of the molecule is CCCC(NS(=O)(=O)c1ccc(Cl)c(Br)c1)/C(N)=N/O. The summed E-state index contributed by atoms with van der Waals surface area (Å²) in [6.45, 7) is 1.87. The van der Waals surface area contributed by atoms with Crippen LogP contribution in [0, 0.1) is 0 Å². The highest BCUT2D eigenvalue weighted by Crippen LogP contribution is 2.25. The number of oxime groups is 1. The van der Waals surface area contributed by atoms with Gasteiger partial charge >= 0.3 is 0 Å². The molecule has 0 heterocycles. The van der Waals surface area contributed by atoms with E-state index < -0.39 is 16.1 Å². The Balaban J connectivity index is 3.06. The van der Waals surface area contributed by atoms with Gasteiger partial charge in [-0.05, 0) is 40.5 Å².